The molecule has 1 amide bonds. The average Bonchev–Trinajstić information content (AvgIpc) is 2.43. The van der Waals surface area contributed by atoms with Gasteiger partial charge in [0.25, 0.3) is 5.91 Å². The lowest BCUT2D eigenvalue weighted by Crippen LogP contribution is -2.26. The molecule has 0 spiro atoms. The highest BCUT2D eigenvalue weighted by atomic mass is 35.5. The second kappa shape index (κ2) is 5.97. The fourth-order valence-corrected chi connectivity index (χ4v) is 2.06. The molecule has 0 saturated carbocycles. The van der Waals surface area contributed by atoms with Crippen molar-refractivity contribution in [1.82, 2.24) is 4.90 Å². The lowest BCUT2D eigenvalue weighted by molar-refractivity contribution is 0.0785. The van der Waals surface area contributed by atoms with E-state index < -0.39 is 0 Å². The molecule has 0 bridgehead atoms. The maximum absolute atomic E-state index is 12.3. The molecule has 0 atom stereocenters. The predicted molar refractivity (Wildman–Crippen MR) is 80.1 cm³/mol. The van der Waals surface area contributed by atoms with Crippen LogP contribution >= 0.6 is 11.6 Å². The van der Waals surface area contributed by atoms with Gasteiger partial charge < -0.3 is 10.0 Å². The standard InChI is InChI=1S/C16H16ClNO2/c1-11-9-13(5-8-15(11)17)16(20)18(2)10-12-3-6-14(19)7-4-12/h3-9,19H,10H2,1-2H3. The Morgan fingerprint density at radius 1 is 1.20 bits per heavy atom. The number of halogens is 1. The molecule has 104 valence electrons. The molecular formula is C16H16ClNO2. The van der Waals surface area contributed by atoms with Crippen molar-refractivity contribution < 1.29 is 9.90 Å². The van der Waals surface area contributed by atoms with Crippen molar-refractivity contribution >= 4 is 17.5 Å². The highest BCUT2D eigenvalue weighted by molar-refractivity contribution is 6.31. The van der Waals surface area contributed by atoms with Crippen LogP contribution in [0.1, 0.15) is 21.5 Å². The first-order valence-corrected chi connectivity index (χ1v) is 6.64. The van der Waals surface area contributed by atoms with E-state index in [2.05, 4.69) is 0 Å². The molecule has 0 unspecified atom stereocenters. The van der Waals surface area contributed by atoms with Crippen LogP contribution in [-0.4, -0.2) is 23.0 Å². The third-order valence-corrected chi connectivity index (χ3v) is 3.53. The molecule has 4 heteroatoms. The summed E-state index contributed by atoms with van der Waals surface area (Å²) in [6.07, 6.45) is 0. The number of benzene rings is 2. The molecule has 1 N–H and O–H groups in total. The lowest BCUT2D eigenvalue weighted by atomic mass is 10.1. The van der Waals surface area contributed by atoms with Gasteiger partial charge in [0.1, 0.15) is 5.75 Å². The average molecular weight is 290 g/mol. The van der Waals surface area contributed by atoms with Crippen molar-refractivity contribution in [2.45, 2.75) is 13.5 Å². The summed E-state index contributed by atoms with van der Waals surface area (Å²) in [6, 6.07) is 12.1. The zero-order valence-corrected chi connectivity index (χ0v) is 12.2. The number of hydrogen-bond acceptors (Lipinski definition) is 2. The van der Waals surface area contributed by atoms with Gasteiger partial charge in [-0.05, 0) is 48.4 Å². The van der Waals surface area contributed by atoms with E-state index in [1.807, 2.05) is 6.92 Å². The van der Waals surface area contributed by atoms with Gasteiger partial charge in [0.05, 0.1) is 0 Å². The van der Waals surface area contributed by atoms with Gasteiger partial charge in [-0.1, -0.05) is 23.7 Å². The first kappa shape index (κ1) is 14.4. The summed E-state index contributed by atoms with van der Waals surface area (Å²) < 4.78 is 0. The van der Waals surface area contributed by atoms with Gasteiger partial charge in [-0.15, -0.1) is 0 Å². The lowest BCUT2D eigenvalue weighted by Gasteiger charge is -2.18. The topological polar surface area (TPSA) is 40.5 Å². The largest absolute Gasteiger partial charge is 0.508 e. The van der Waals surface area contributed by atoms with E-state index >= 15 is 0 Å². The van der Waals surface area contributed by atoms with Gasteiger partial charge in [0.15, 0.2) is 0 Å². The van der Waals surface area contributed by atoms with Crippen LogP contribution in [0.15, 0.2) is 42.5 Å². The fourth-order valence-electron chi connectivity index (χ4n) is 1.95. The molecule has 2 rings (SSSR count). The minimum absolute atomic E-state index is 0.0576. The zero-order valence-electron chi connectivity index (χ0n) is 11.4. The van der Waals surface area contributed by atoms with Gasteiger partial charge in [0, 0.05) is 24.2 Å². The minimum atomic E-state index is -0.0576. The van der Waals surface area contributed by atoms with E-state index in [0.717, 1.165) is 11.1 Å². The van der Waals surface area contributed by atoms with Crippen molar-refractivity contribution in [3.8, 4) is 5.75 Å². The number of phenols is 1. The number of carbonyl (C=O) groups excluding carboxylic acids is 1. The molecule has 0 radical (unpaired) electrons. The molecule has 0 aliphatic rings. The molecule has 2 aromatic carbocycles. The van der Waals surface area contributed by atoms with Crippen molar-refractivity contribution in [2.24, 2.45) is 0 Å². The van der Waals surface area contributed by atoms with Crippen LogP contribution in [0.4, 0.5) is 0 Å². The van der Waals surface area contributed by atoms with Crippen LogP contribution < -0.4 is 0 Å². The summed E-state index contributed by atoms with van der Waals surface area (Å²) in [5, 5.41) is 9.90. The molecular weight excluding hydrogens is 274 g/mol. The van der Waals surface area contributed by atoms with E-state index in [4.69, 9.17) is 11.6 Å². The quantitative estimate of drug-likeness (QED) is 0.937. The molecule has 3 nitrogen and oxygen atoms in total. The van der Waals surface area contributed by atoms with E-state index in [-0.39, 0.29) is 11.7 Å². The van der Waals surface area contributed by atoms with E-state index in [1.54, 1.807) is 54.4 Å². The SMILES string of the molecule is Cc1cc(C(=O)N(C)Cc2ccc(O)cc2)ccc1Cl. The van der Waals surface area contributed by atoms with Crippen LogP contribution in [-0.2, 0) is 6.54 Å². The van der Waals surface area contributed by atoms with Gasteiger partial charge in [-0.3, -0.25) is 4.79 Å². The second-order valence-corrected chi connectivity index (χ2v) is 5.20. The molecule has 2 aromatic rings. The molecule has 0 fully saturated rings. The maximum atomic E-state index is 12.3. The third kappa shape index (κ3) is 3.31. The number of nitrogens with zero attached hydrogens (tertiary/aromatic N) is 1. The Labute approximate surface area is 123 Å². The van der Waals surface area contributed by atoms with Crippen LogP contribution in [0.5, 0.6) is 5.75 Å². The zero-order chi connectivity index (χ0) is 14.7. The monoisotopic (exact) mass is 289 g/mol. The highest BCUT2D eigenvalue weighted by Gasteiger charge is 2.12. The van der Waals surface area contributed by atoms with E-state index in [0.29, 0.717) is 17.1 Å². The number of rotatable bonds is 3. The smallest absolute Gasteiger partial charge is 0.253 e. The number of phenolic OH excluding ortho intramolecular Hbond substituents is 1. The highest BCUT2D eigenvalue weighted by Crippen LogP contribution is 2.18. The minimum Gasteiger partial charge on any atom is -0.508 e. The van der Waals surface area contributed by atoms with Crippen LogP contribution in [0, 0.1) is 6.92 Å². The van der Waals surface area contributed by atoms with E-state index in [1.165, 1.54) is 0 Å². The molecule has 0 heterocycles. The van der Waals surface area contributed by atoms with Crippen molar-refractivity contribution in [3.63, 3.8) is 0 Å². The normalized spacial score (nSPS) is 10.3. The maximum Gasteiger partial charge on any atom is 0.253 e. The summed E-state index contributed by atoms with van der Waals surface area (Å²) in [5.74, 6) is 0.161. The Morgan fingerprint density at radius 2 is 1.85 bits per heavy atom. The Hall–Kier alpha value is -2.00. The fraction of sp³-hybridized carbons (Fsp3) is 0.188. The Balaban J connectivity index is 2.11. The number of carbonyl (C=O) groups is 1. The van der Waals surface area contributed by atoms with Gasteiger partial charge >= 0.3 is 0 Å². The van der Waals surface area contributed by atoms with Crippen molar-refractivity contribution in [2.75, 3.05) is 7.05 Å². The first-order chi connectivity index (χ1) is 9.47. The summed E-state index contributed by atoms with van der Waals surface area (Å²) in [4.78, 5) is 13.9. The van der Waals surface area contributed by atoms with Gasteiger partial charge in [-0.2, -0.15) is 0 Å². The summed E-state index contributed by atoms with van der Waals surface area (Å²) in [5.41, 5.74) is 2.47. The Kier molecular flexibility index (Phi) is 4.30. The van der Waals surface area contributed by atoms with E-state index in [9.17, 15) is 9.90 Å². The molecule has 0 aliphatic carbocycles. The molecule has 20 heavy (non-hydrogen) atoms. The summed E-state index contributed by atoms with van der Waals surface area (Å²) in [7, 11) is 1.75. The van der Waals surface area contributed by atoms with Crippen LogP contribution in [0.3, 0.4) is 0 Å². The molecule has 0 aliphatic heterocycles. The summed E-state index contributed by atoms with van der Waals surface area (Å²) in [6.45, 7) is 2.36. The number of aryl methyl sites for hydroxylation is 1. The third-order valence-electron chi connectivity index (χ3n) is 3.11. The molecule has 0 saturated heterocycles. The van der Waals surface area contributed by atoms with Crippen LogP contribution in [0.2, 0.25) is 5.02 Å². The second-order valence-electron chi connectivity index (χ2n) is 4.79. The van der Waals surface area contributed by atoms with Crippen molar-refractivity contribution in [3.05, 3.63) is 64.2 Å². The Bertz CT molecular complexity index is 623. The number of amides is 1. The first-order valence-electron chi connectivity index (χ1n) is 6.27. The van der Waals surface area contributed by atoms with Gasteiger partial charge in [-0.25, -0.2) is 0 Å². The number of hydrogen-bond donors (Lipinski definition) is 1. The van der Waals surface area contributed by atoms with Crippen molar-refractivity contribution in [1.29, 1.82) is 0 Å². The number of aromatic hydroxyl groups is 1. The summed E-state index contributed by atoms with van der Waals surface area (Å²) >= 11 is 5.96. The Morgan fingerprint density at radius 3 is 2.45 bits per heavy atom. The van der Waals surface area contributed by atoms with Gasteiger partial charge in [0.2, 0.25) is 0 Å². The predicted octanol–water partition coefficient (Wildman–Crippen LogP) is 3.63. The molecule has 0 aromatic heterocycles. The van der Waals surface area contributed by atoms with Crippen LogP contribution in [0.25, 0.3) is 0 Å².